The Morgan fingerprint density at radius 3 is 2.73 bits per heavy atom. The minimum Gasteiger partial charge on any atom is -0.489 e. The molecule has 1 saturated heterocycles. The fourth-order valence-electron chi connectivity index (χ4n) is 3.89. The summed E-state index contributed by atoms with van der Waals surface area (Å²) in [5.74, 6) is 0.925. The van der Waals surface area contributed by atoms with Gasteiger partial charge < -0.3 is 14.8 Å². The number of fused-ring (bicyclic) bond motifs is 1. The van der Waals surface area contributed by atoms with Crippen molar-refractivity contribution in [2.75, 3.05) is 39.4 Å². The zero-order valence-electron chi connectivity index (χ0n) is 17.3. The second-order valence-electron chi connectivity index (χ2n) is 7.67. The van der Waals surface area contributed by atoms with E-state index in [1.165, 1.54) is 16.3 Å². The normalized spacial score (nSPS) is 14.8. The number of benzene rings is 3. The van der Waals surface area contributed by atoms with Gasteiger partial charge in [0.1, 0.15) is 12.4 Å². The van der Waals surface area contributed by atoms with E-state index in [1.54, 1.807) is 0 Å². The lowest BCUT2D eigenvalue weighted by molar-refractivity contribution is 0.0374. The van der Waals surface area contributed by atoms with Crippen molar-refractivity contribution in [2.24, 2.45) is 0 Å². The minimum absolute atomic E-state index is 0.503. The van der Waals surface area contributed by atoms with E-state index < -0.39 is 0 Å². The van der Waals surface area contributed by atoms with Crippen molar-refractivity contribution >= 4 is 22.4 Å². The third-order valence-corrected chi connectivity index (χ3v) is 5.75. The van der Waals surface area contributed by atoms with Crippen LogP contribution in [0, 0.1) is 0 Å². The van der Waals surface area contributed by atoms with E-state index in [4.69, 9.17) is 21.1 Å². The average Bonchev–Trinajstić information content (AvgIpc) is 2.78. The second-order valence-corrected chi connectivity index (χ2v) is 8.10. The summed E-state index contributed by atoms with van der Waals surface area (Å²) in [7, 11) is 0. The Morgan fingerprint density at radius 1 is 1.00 bits per heavy atom. The molecule has 1 N–H and O–H groups in total. The SMILES string of the molecule is Clc1cccc(COc2ccc3ccccc3c2CNCCCN2CCOCC2)c1. The highest BCUT2D eigenvalue weighted by Crippen LogP contribution is 2.29. The first-order valence-corrected chi connectivity index (χ1v) is 11.1. The number of hydrogen-bond acceptors (Lipinski definition) is 4. The monoisotopic (exact) mass is 424 g/mol. The van der Waals surface area contributed by atoms with Crippen LogP contribution >= 0.6 is 11.6 Å². The molecule has 5 heteroatoms. The quantitative estimate of drug-likeness (QED) is 0.496. The zero-order valence-corrected chi connectivity index (χ0v) is 18.0. The Labute approximate surface area is 183 Å². The molecule has 0 atom stereocenters. The van der Waals surface area contributed by atoms with Crippen LogP contribution in [0.3, 0.4) is 0 Å². The van der Waals surface area contributed by atoms with Crippen LogP contribution in [0.25, 0.3) is 10.8 Å². The van der Waals surface area contributed by atoms with Crippen molar-refractivity contribution in [1.82, 2.24) is 10.2 Å². The van der Waals surface area contributed by atoms with Crippen LogP contribution in [0.1, 0.15) is 17.5 Å². The van der Waals surface area contributed by atoms with Crippen LogP contribution in [-0.4, -0.2) is 44.3 Å². The lowest BCUT2D eigenvalue weighted by Crippen LogP contribution is -2.37. The third kappa shape index (κ3) is 5.73. The summed E-state index contributed by atoms with van der Waals surface area (Å²) in [4.78, 5) is 2.47. The summed E-state index contributed by atoms with van der Waals surface area (Å²) >= 11 is 6.11. The van der Waals surface area contributed by atoms with E-state index in [9.17, 15) is 0 Å². The molecule has 0 aromatic heterocycles. The maximum Gasteiger partial charge on any atom is 0.124 e. The van der Waals surface area contributed by atoms with Gasteiger partial charge in [-0.05, 0) is 54.0 Å². The van der Waals surface area contributed by atoms with E-state index in [0.717, 1.165) is 68.7 Å². The molecule has 30 heavy (non-hydrogen) atoms. The Bertz CT molecular complexity index is 957. The minimum atomic E-state index is 0.503. The lowest BCUT2D eigenvalue weighted by Gasteiger charge is -2.26. The third-order valence-electron chi connectivity index (χ3n) is 5.51. The van der Waals surface area contributed by atoms with E-state index >= 15 is 0 Å². The van der Waals surface area contributed by atoms with Gasteiger partial charge in [0.25, 0.3) is 0 Å². The summed E-state index contributed by atoms with van der Waals surface area (Å²) in [6.45, 7) is 7.19. The Kier molecular flexibility index (Phi) is 7.59. The maximum absolute atomic E-state index is 6.22. The van der Waals surface area contributed by atoms with E-state index in [1.807, 2.05) is 24.3 Å². The van der Waals surface area contributed by atoms with Gasteiger partial charge in [-0.15, -0.1) is 0 Å². The number of nitrogens with zero attached hydrogens (tertiary/aromatic N) is 1. The summed E-state index contributed by atoms with van der Waals surface area (Å²) in [5, 5.41) is 6.83. The molecule has 0 aliphatic carbocycles. The van der Waals surface area contributed by atoms with Crippen LogP contribution in [0.15, 0.2) is 60.7 Å². The fourth-order valence-corrected chi connectivity index (χ4v) is 4.10. The molecule has 1 heterocycles. The molecule has 3 aromatic rings. The van der Waals surface area contributed by atoms with Gasteiger partial charge in [0, 0.05) is 30.2 Å². The average molecular weight is 425 g/mol. The van der Waals surface area contributed by atoms with Crippen LogP contribution in [-0.2, 0) is 17.9 Å². The largest absolute Gasteiger partial charge is 0.489 e. The van der Waals surface area contributed by atoms with E-state index in [0.29, 0.717) is 6.61 Å². The second kappa shape index (κ2) is 10.8. The number of halogens is 1. The number of nitrogens with one attached hydrogen (secondary N) is 1. The molecule has 0 saturated carbocycles. The number of rotatable bonds is 9. The van der Waals surface area contributed by atoms with Crippen molar-refractivity contribution in [3.8, 4) is 5.75 Å². The molecule has 4 rings (SSSR count). The predicted octanol–water partition coefficient (Wildman–Crippen LogP) is 4.88. The molecule has 0 bridgehead atoms. The van der Waals surface area contributed by atoms with Crippen molar-refractivity contribution in [3.63, 3.8) is 0 Å². The molecule has 158 valence electrons. The molecule has 0 radical (unpaired) electrons. The number of hydrogen-bond donors (Lipinski definition) is 1. The molecule has 0 unspecified atom stereocenters. The highest BCUT2D eigenvalue weighted by Gasteiger charge is 2.11. The van der Waals surface area contributed by atoms with Crippen molar-refractivity contribution in [3.05, 3.63) is 76.8 Å². The van der Waals surface area contributed by atoms with Gasteiger partial charge in [0.15, 0.2) is 0 Å². The number of morpholine rings is 1. The van der Waals surface area contributed by atoms with Gasteiger partial charge in [0.2, 0.25) is 0 Å². The van der Waals surface area contributed by atoms with Crippen LogP contribution in [0.5, 0.6) is 5.75 Å². The molecule has 1 aliphatic rings. The van der Waals surface area contributed by atoms with Gasteiger partial charge in [0.05, 0.1) is 13.2 Å². The number of ether oxygens (including phenoxy) is 2. The molecule has 0 amide bonds. The molecular weight excluding hydrogens is 396 g/mol. The van der Waals surface area contributed by atoms with Gasteiger partial charge >= 0.3 is 0 Å². The Hall–Kier alpha value is -2.11. The highest BCUT2D eigenvalue weighted by atomic mass is 35.5. The molecule has 0 spiro atoms. The van der Waals surface area contributed by atoms with Crippen molar-refractivity contribution in [2.45, 2.75) is 19.6 Å². The van der Waals surface area contributed by atoms with Crippen LogP contribution in [0.4, 0.5) is 0 Å². The summed E-state index contributed by atoms with van der Waals surface area (Å²) in [5.41, 5.74) is 2.28. The highest BCUT2D eigenvalue weighted by molar-refractivity contribution is 6.30. The zero-order chi connectivity index (χ0) is 20.6. The Balaban J connectivity index is 1.39. The van der Waals surface area contributed by atoms with Crippen LogP contribution in [0.2, 0.25) is 5.02 Å². The first-order valence-electron chi connectivity index (χ1n) is 10.7. The topological polar surface area (TPSA) is 33.7 Å². The molecule has 1 fully saturated rings. The summed E-state index contributed by atoms with van der Waals surface area (Å²) in [6.07, 6.45) is 1.13. The Morgan fingerprint density at radius 2 is 1.87 bits per heavy atom. The van der Waals surface area contributed by atoms with E-state index in [2.05, 4.69) is 46.6 Å². The lowest BCUT2D eigenvalue weighted by atomic mass is 10.0. The first kappa shape index (κ1) is 21.1. The molecule has 1 aliphatic heterocycles. The summed E-state index contributed by atoms with van der Waals surface area (Å²) < 4.78 is 11.6. The summed E-state index contributed by atoms with van der Waals surface area (Å²) in [6, 6.07) is 20.5. The fraction of sp³-hybridized carbons (Fsp3) is 0.360. The standard InChI is InChI=1S/C25H29ClN2O2/c26-22-7-3-5-20(17-22)19-30-25-10-9-21-6-1-2-8-23(21)24(25)18-27-11-4-12-28-13-15-29-16-14-28/h1-3,5-10,17,27H,4,11-16,18-19H2. The van der Waals surface area contributed by atoms with Crippen LogP contribution < -0.4 is 10.1 Å². The van der Waals surface area contributed by atoms with Crippen molar-refractivity contribution < 1.29 is 9.47 Å². The predicted molar refractivity (Wildman–Crippen MR) is 123 cm³/mol. The van der Waals surface area contributed by atoms with Gasteiger partial charge in [-0.1, -0.05) is 54.1 Å². The van der Waals surface area contributed by atoms with Crippen molar-refractivity contribution in [1.29, 1.82) is 0 Å². The first-order chi connectivity index (χ1) is 14.8. The molecule has 3 aromatic carbocycles. The molecular formula is C25H29ClN2O2. The molecule has 4 nitrogen and oxygen atoms in total. The van der Waals surface area contributed by atoms with Gasteiger partial charge in [-0.25, -0.2) is 0 Å². The van der Waals surface area contributed by atoms with E-state index in [-0.39, 0.29) is 0 Å². The van der Waals surface area contributed by atoms with Gasteiger partial charge in [-0.3, -0.25) is 4.90 Å². The smallest absolute Gasteiger partial charge is 0.124 e. The maximum atomic E-state index is 6.22. The van der Waals surface area contributed by atoms with Gasteiger partial charge in [-0.2, -0.15) is 0 Å².